The van der Waals surface area contributed by atoms with Crippen molar-refractivity contribution in [2.45, 2.75) is 32.1 Å². The van der Waals surface area contributed by atoms with Gasteiger partial charge in [-0.25, -0.2) is 0 Å². The van der Waals surface area contributed by atoms with Crippen molar-refractivity contribution in [3.8, 4) is 5.75 Å². The van der Waals surface area contributed by atoms with Gasteiger partial charge in [0.25, 0.3) is 0 Å². The maximum Gasteiger partial charge on any atom is 0.227 e. The van der Waals surface area contributed by atoms with Crippen LogP contribution in [0.5, 0.6) is 5.75 Å². The van der Waals surface area contributed by atoms with Crippen LogP contribution >= 0.6 is 0 Å². The van der Waals surface area contributed by atoms with Crippen LogP contribution in [0, 0.1) is 0 Å². The number of ether oxygens (including phenoxy) is 2. The van der Waals surface area contributed by atoms with Crippen LogP contribution in [0.15, 0.2) is 48.5 Å². The molecule has 0 unspecified atom stereocenters. The smallest absolute Gasteiger partial charge is 0.227 e. The predicted octanol–water partition coefficient (Wildman–Crippen LogP) is 2.90. The van der Waals surface area contributed by atoms with Crippen molar-refractivity contribution in [1.29, 1.82) is 0 Å². The van der Waals surface area contributed by atoms with E-state index in [0.29, 0.717) is 26.1 Å². The molecule has 0 aliphatic carbocycles. The minimum absolute atomic E-state index is 0.00152. The standard InChI is InChI=1S/C20H23NO4/c1-24-19-9-4-16(5-10-19)14-25-13-15-2-6-17(7-3-15)21-18(12-22)8-11-20(21)23/h2-7,9-10,18,22H,8,11-14H2,1H3/t18-/m1/s1. The third kappa shape index (κ3) is 4.18. The van der Waals surface area contributed by atoms with Crippen molar-refractivity contribution in [3.63, 3.8) is 0 Å². The number of amides is 1. The van der Waals surface area contributed by atoms with Gasteiger partial charge in [-0.3, -0.25) is 4.79 Å². The van der Waals surface area contributed by atoms with Crippen molar-refractivity contribution in [1.82, 2.24) is 0 Å². The van der Waals surface area contributed by atoms with Gasteiger partial charge in [0.1, 0.15) is 5.75 Å². The van der Waals surface area contributed by atoms with Crippen molar-refractivity contribution < 1.29 is 19.4 Å². The zero-order valence-corrected chi connectivity index (χ0v) is 14.4. The van der Waals surface area contributed by atoms with E-state index in [2.05, 4.69) is 0 Å². The van der Waals surface area contributed by atoms with Gasteiger partial charge < -0.3 is 19.5 Å². The van der Waals surface area contributed by atoms with Gasteiger partial charge in [-0.05, 0) is 41.8 Å². The number of aliphatic hydroxyl groups is 1. The average molecular weight is 341 g/mol. The van der Waals surface area contributed by atoms with Crippen molar-refractivity contribution in [2.24, 2.45) is 0 Å². The molecule has 0 spiro atoms. The van der Waals surface area contributed by atoms with E-state index in [0.717, 1.165) is 22.6 Å². The number of carbonyl (C=O) groups is 1. The first kappa shape index (κ1) is 17.5. The van der Waals surface area contributed by atoms with E-state index in [4.69, 9.17) is 9.47 Å². The summed E-state index contributed by atoms with van der Waals surface area (Å²) in [6.45, 7) is 1.03. The van der Waals surface area contributed by atoms with Gasteiger partial charge in [-0.2, -0.15) is 0 Å². The van der Waals surface area contributed by atoms with Crippen molar-refractivity contribution in [2.75, 3.05) is 18.6 Å². The van der Waals surface area contributed by atoms with E-state index in [1.54, 1.807) is 12.0 Å². The summed E-state index contributed by atoms with van der Waals surface area (Å²) in [5.74, 6) is 0.902. The number of methoxy groups -OCH3 is 1. The van der Waals surface area contributed by atoms with E-state index in [1.165, 1.54) is 0 Å². The molecule has 2 aromatic carbocycles. The molecule has 1 heterocycles. The Labute approximate surface area is 147 Å². The van der Waals surface area contributed by atoms with E-state index in [-0.39, 0.29) is 18.6 Å². The van der Waals surface area contributed by atoms with Gasteiger partial charge >= 0.3 is 0 Å². The molecule has 1 amide bonds. The monoisotopic (exact) mass is 341 g/mol. The van der Waals surface area contributed by atoms with E-state index < -0.39 is 0 Å². The maximum absolute atomic E-state index is 12.0. The second kappa shape index (κ2) is 8.14. The predicted molar refractivity (Wildman–Crippen MR) is 95.5 cm³/mol. The molecule has 0 aromatic heterocycles. The Balaban J connectivity index is 1.54. The van der Waals surface area contributed by atoms with E-state index in [9.17, 15) is 9.90 Å². The van der Waals surface area contributed by atoms with Crippen LogP contribution in [-0.2, 0) is 22.7 Å². The summed E-state index contributed by atoms with van der Waals surface area (Å²) >= 11 is 0. The first-order chi connectivity index (χ1) is 12.2. The molecule has 1 N–H and O–H groups in total. The summed E-state index contributed by atoms with van der Waals surface area (Å²) in [7, 11) is 1.65. The first-order valence-electron chi connectivity index (χ1n) is 8.44. The highest BCUT2D eigenvalue weighted by molar-refractivity contribution is 5.96. The Hall–Kier alpha value is -2.37. The molecule has 1 aliphatic heterocycles. The lowest BCUT2D eigenvalue weighted by molar-refractivity contribution is -0.117. The molecule has 1 fully saturated rings. The van der Waals surface area contributed by atoms with Crippen LogP contribution in [0.2, 0.25) is 0 Å². The molecule has 5 heteroatoms. The van der Waals surface area contributed by atoms with Gasteiger partial charge in [-0.15, -0.1) is 0 Å². The van der Waals surface area contributed by atoms with E-state index >= 15 is 0 Å². The number of anilines is 1. The minimum Gasteiger partial charge on any atom is -0.497 e. The number of aliphatic hydroxyl groups excluding tert-OH is 1. The summed E-state index contributed by atoms with van der Waals surface area (Å²) in [5.41, 5.74) is 2.97. The molecule has 2 aromatic rings. The average Bonchev–Trinajstić information content (AvgIpc) is 3.03. The van der Waals surface area contributed by atoms with Crippen LogP contribution < -0.4 is 9.64 Å². The normalized spacial score (nSPS) is 17.1. The summed E-state index contributed by atoms with van der Waals surface area (Å²) in [6.07, 6.45) is 1.21. The molecule has 132 valence electrons. The lowest BCUT2D eigenvalue weighted by atomic mass is 10.2. The highest BCUT2D eigenvalue weighted by Crippen LogP contribution is 2.26. The third-order valence-corrected chi connectivity index (χ3v) is 4.45. The molecule has 1 atom stereocenters. The van der Waals surface area contributed by atoms with Gasteiger partial charge in [0.15, 0.2) is 0 Å². The molecule has 0 saturated carbocycles. The Morgan fingerprint density at radius 3 is 2.20 bits per heavy atom. The molecule has 1 saturated heterocycles. The summed E-state index contributed by atoms with van der Waals surface area (Å²) < 4.78 is 10.9. The third-order valence-electron chi connectivity index (χ3n) is 4.45. The quantitative estimate of drug-likeness (QED) is 0.841. The first-order valence-corrected chi connectivity index (χ1v) is 8.44. The second-order valence-corrected chi connectivity index (χ2v) is 6.15. The number of nitrogens with zero attached hydrogens (tertiary/aromatic N) is 1. The van der Waals surface area contributed by atoms with E-state index in [1.807, 2.05) is 48.5 Å². The topological polar surface area (TPSA) is 59.0 Å². The number of carbonyl (C=O) groups excluding carboxylic acids is 1. The molecule has 1 aliphatic rings. The summed E-state index contributed by atoms with van der Waals surface area (Å²) in [5, 5.41) is 9.41. The lowest BCUT2D eigenvalue weighted by Crippen LogP contribution is -2.35. The molecular formula is C20H23NO4. The number of rotatable bonds is 7. The highest BCUT2D eigenvalue weighted by atomic mass is 16.5. The fourth-order valence-corrected chi connectivity index (χ4v) is 3.03. The Morgan fingerprint density at radius 2 is 1.64 bits per heavy atom. The lowest BCUT2D eigenvalue weighted by Gasteiger charge is -2.23. The Kier molecular flexibility index (Phi) is 5.68. The summed E-state index contributed by atoms with van der Waals surface area (Å²) in [6, 6.07) is 15.4. The highest BCUT2D eigenvalue weighted by Gasteiger charge is 2.31. The Morgan fingerprint density at radius 1 is 1.04 bits per heavy atom. The summed E-state index contributed by atoms with van der Waals surface area (Å²) in [4.78, 5) is 13.7. The van der Waals surface area contributed by atoms with Crippen LogP contribution in [0.25, 0.3) is 0 Å². The van der Waals surface area contributed by atoms with Crippen molar-refractivity contribution in [3.05, 3.63) is 59.7 Å². The zero-order valence-electron chi connectivity index (χ0n) is 14.4. The molecule has 5 nitrogen and oxygen atoms in total. The molecular weight excluding hydrogens is 318 g/mol. The molecule has 0 radical (unpaired) electrons. The van der Waals surface area contributed by atoms with Crippen LogP contribution in [0.3, 0.4) is 0 Å². The SMILES string of the molecule is COc1ccc(COCc2ccc(N3C(=O)CC[C@@H]3CO)cc2)cc1. The zero-order chi connectivity index (χ0) is 17.6. The van der Waals surface area contributed by atoms with Gasteiger partial charge in [-0.1, -0.05) is 24.3 Å². The number of hydrogen-bond donors (Lipinski definition) is 1. The van der Waals surface area contributed by atoms with Gasteiger partial charge in [0, 0.05) is 12.1 Å². The van der Waals surface area contributed by atoms with Gasteiger partial charge in [0.2, 0.25) is 5.91 Å². The molecule has 0 bridgehead atoms. The molecule has 3 rings (SSSR count). The molecule has 25 heavy (non-hydrogen) atoms. The maximum atomic E-state index is 12.0. The number of hydrogen-bond acceptors (Lipinski definition) is 4. The van der Waals surface area contributed by atoms with Crippen LogP contribution in [-0.4, -0.2) is 30.8 Å². The van der Waals surface area contributed by atoms with Gasteiger partial charge in [0.05, 0.1) is 33.0 Å². The largest absolute Gasteiger partial charge is 0.497 e. The van der Waals surface area contributed by atoms with Crippen LogP contribution in [0.1, 0.15) is 24.0 Å². The Bertz CT molecular complexity index is 697. The van der Waals surface area contributed by atoms with Crippen molar-refractivity contribution >= 4 is 11.6 Å². The fraction of sp³-hybridized carbons (Fsp3) is 0.350. The second-order valence-electron chi connectivity index (χ2n) is 6.15. The fourth-order valence-electron chi connectivity index (χ4n) is 3.03. The minimum atomic E-state index is -0.107. The van der Waals surface area contributed by atoms with Crippen LogP contribution in [0.4, 0.5) is 5.69 Å². The number of benzene rings is 2.